The third kappa shape index (κ3) is 3.40. The largest absolute Gasteiger partial charge is 0.342 e. The molecule has 3 rings (SSSR count). The minimum Gasteiger partial charge on any atom is -0.342 e. The van der Waals surface area contributed by atoms with E-state index >= 15 is 0 Å². The molecular weight excluding hydrogens is 308 g/mol. The molecule has 4 heteroatoms. The van der Waals surface area contributed by atoms with Crippen LogP contribution in [-0.2, 0) is 0 Å². The number of hydrogen-bond donors (Lipinski definition) is 0. The number of amides is 1. The SMILES string of the molecule is C[C@@H]1C[C@@H](CCN(C)C(=O)c2cccnc2)c2cc(Cl)ccc21. The lowest BCUT2D eigenvalue weighted by Gasteiger charge is -2.20. The van der Waals surface area contributed by atoms with E-state index in [1.165, 1.54) is 11.1 Å². The van der Waals surface area contributed by atoms with E-state index in [-0.39, 0.29) is 5.91 Å². The summed E-state index contributed by atoms with van der Waals surface area (Å²) in [4.78, 5) is 18.2. The molecule has 0 fully saturated rings. The lowest BCUT2D eigenvalue weighted by atomic mass is 9.97. The predicted octanol–water partition coefficient (Wildman–Crippen LogP) is 4.49. The van der Waals surface area contributed by atoms with Gasteiger partial charge in [-0.05, 0) is 60.1 Å². The summed E-state index contributed by atoms with van der Waals surface area (Å²) in [5.41, 5.74) is 3.39. The number of pyridine rings is 1. The highest BCUT2D eigenvalue weighted by molar-refractivity contribution is 6.30. The van der Waals surface area contributed by atoms with Gasteiger partial charge in [-0.25, -0.2) is 0 Å². The maximum atomic E-state index is 12.4. The Morgan fingerprint density at radius 2 is 2.17 bits per heavy atom. The number of fused-ring (bicyclic) bond motifs is 1. The van der Waals surface area contributed by atoms with Crippen LogP contribution in [0.1, 0.15) is 53.1 Å². The number of halogens is 1. The zero-order chi connectivity index (χ0) is 16.4. The number of aromatic nitrogens is 1. The van der Waals surface area contributed by atoms with Crippen LogP contribution in [0.25, 0.3) is 0 Å². The number of carbonyl (C=O) groups is 1. The van der Waals surface area contributed by atoms with Gasteiger partial charge in [0.15, 0.2) is 0 Å². The molecule has 0 spiro atoms. The van der Waals surface area contributed by atoms with Gasteiger partial charge >= 0.3 is 0 Å². The maximum Gasteiger partial charge on any atom is 0.255 e. The van der Waals surface area contributed by atoms with Crippen molar-refractivity contribution < 1.29 is 4.79 Å². The van der Waals surface area contributed by atoms with Crippen molar-refractivity contribution in [2.45, 2.75) is 31.6 Å². The molecule has 1 amide bonds. The highest BCUT2D eigenvalue weighted by Gasteiger charge is 2.28. The Kier molecular flexibility index (Phi) is 4.67. The zero-order valence-corrected chi connectivity index (χ0v) is 14.3. The summed E-state index contributed by atoms with van der Waals surface area (Å²) in [5.74, 6) is 1.06. The third-order valence-electron chi connectivity index (χ3n) is 4.73. The number of carbonyl (C=O) groups excluding carboxylic acids is 1. The van der Waals surface area contributed by atoms with E-state index in [0.29, 0.717) is 17.4 Å². The molecule has 0 radical (unpaired) electrons. The summed E-state index contributed by atoms with van der Waals surface area (Å²) in [7, 11) is 1.85. The molecule has 1 aromatic carbocycles. The molecule has 0 saturated carbocycles. The minimum atomic E-state index is 0.0236. The van der Waals surface area contributed by atoms with Crippen molar-refractivity contribution in [1.29, 1.82) is 0 Å². The van der Waals surface area contributed by atoms with Gasteiger partial charge < -0.3 is 4.90 Å². The van der Waals surface area contributed by atoms with Crippen LogP contribution in [0.15, 0.2) is 42.7 Å². The van der Waals surface area contributed by atoms with Crippen molar-refractivity contribution in [1.82, 2.24) is 9.88 Å². The molecule has 2 atom stereocenters. The fourth-order valence-electron chi connectivity index (χ4n) is 3.46. The first-order valence-electron chi connectivity index (χ1n) is 8.01. The van der Waals surface area contributed by atoms with Crippen molar-refractivity contribution in [2.24, 2.45) is 0 Å². The molecule has 0 N–H and O–H groups in total. The summed E-state index contributed by atoms with van der Waals surface area (Å²) in [6, 6.07) is 9.80. The molecule has 0 bridgehead atoms. The Bertz CT molecular complexity index is 702. The average Bonchev–Trinajstić information content (AvgIpc) is 2.88. The van der Waals surface area contributed by atoms with Gasteiger partial charge in [-0.2, -0.15) is 0 Å². The topological polar surface area (TPSA) is 33.2 Å². The van der Waals surface area contributed by atoms with Crippen LogP contribution in [0.5, 0.6) is 0 Å². The van der Waals surface area contributed by atoms with Crippen LogP contribution in [-0.4, -0.2) is 29.4 Å². The average molecular weight is 329 g/mol. The first-order chi connectivity index (χ1) is 11.1. The normalized spacial score (nSPS) is 19.4. The van der Waals surface area contributed by atoms with Gasteiger partial charge in [-0.1, -0.05) is 24.6 Å². The summed E-state index contributed by atoms with van der Waals surface area (Å²) in [6.45, 7) is 2.99. The second-order valence-electron chi connectivity index (χ2n) is 6.36. The Morgan fingerprint density at radius 1 is 1.35 bits per heavy atom. The summed E-state index contributed by atoms with van der Waals surface area (Å²) in [6.07, 6.45) is 5.38. The molecule has 1 aliphatic rings. The van der Waals surface area contributed by atoms with Crippen LogP contribution >= 0.6 is 11.6 Å². The molecule has 1 aliphatic carbocycles. The third-order valence-corrected chi connectivity index (χ3v) is 4.96. The van der Waals surface area contributed by atoms with Crippen LogP contribution < -0.4 is 0 Å². The molecule has 2 aromatic rings. The number of rotatable bonds is 4. The molecule has 120 valence electrons. The smallest absolute Gasteiger partial charge is 0.255 e. The quantitative estimate of drug-likeness (QED) is 0.828. The van der Waals surface area contributed by atoms with Crippen molar-refractivity contribution >= 4 is 17.5 Å². The fourth-order valence-corrected chi connectivity index (χ4v) is 3.64. The van der Waals surface area contributed by atoms with E-state index in [2.05, 4.69) is 24.0 Å². The first-order valence-corrected chi connectivity index (χ1v) is 8.39. The van der Waals surface area contributed by atoms with E-state index in [9.17, 15) is 4.79 Å². The van der Waals surface area contributed by atoms with Crippen LogP contribution in [0.4, 0.5) is 0 Å². The molecular formula is C19H21ClN2O. The highest BCUT2D eigenvalue weighted by Crippen LogP contribution is 2.44. The summed E-state index contributed by atoms with van der Waals surface area (Å²) >= 11 is 6.16. The van der Waals surface area contributed by atoms with Crippen LogP contribution in [0, 0.1) is 0 Å². The van der Waals surface area contributed by atoms with Gasteiger partial charge in [0, 0.05) is 31.0 Å². The molecule has 0 unspecified atom stereocenters. The number of benzene rings is 1. The van der Waals surface area contributed by atoms with Gasteiger partial charge in [0.1, 0.15) is 0 Å². The van der Waals surface area contributed by atoms with Crippen molar-refractivity contribution in [3.63, 3.8) is 0 Å². The van der Waals surface area contributed by atoms with Gasteiger partial charge in [-0.3, -0.25) is 9.78 Å². The van der Waals surface area contributed by atoms with E-state index < -0.39 is 0 Å². The molecule has 0 aliphatic heterocycles. The molecule has 23 heavy (non-hydrogen) atoms. The Labute approximate surface area is 142 Å². The molecule has 1 aromatic heterocycles. The maximum absolute atomic E-state index is 12.4. The monoisotopic (exact) mass is 328 g/mol. The van der Waals surface area contributed by atoms with E-state index in [1.807, 2.05) is 13.1 Å². The second-order valence-corrected chi connectivity index (χ2v) is 6.80. The van der Waals surface area contributed by atoms with E-state index in [1.54, 1.807) is 29.4 Å². The van der Waals surface area contributed by atoms with Gasteiger partial charge in [0.25, 0.3) is 5.91 Å². The second kappa shape index (κ2) is 6.71. The Balaban J connectivity index is 1.66. The molecule has 3 nitrogen and oxygen atoms in total. The fraction of sp³-hybridized carbons (Fsp3) is 0.368. The zero-order valence-electron chi connectivity index (χ0n) is 13.5. The van der Waals surface area contributed by atoms with E-state index in [0.717, 1.165) is 24.4 Å². The lowest BCUT2D eigenvalue weighted by molar-refractivity contribution is 0.0790. The Hall–Kier alpha value is -1.87. The predicted molar refractivity (Wildman–Crippen MR) is 93.0 cm³/mol. The van der Waals surface area contributed by atoms with Gasteiger partial charge in [-0.15, -0.1) is 0 Å². The minimum absolute atomic E-state index is 0.0236. The standard InChI is InChI=1S/C19H21ClN2O/c1-13-10-14(18-11-16(20)5-6-17(13)18)7-9-22(2)19(23)15-4-3-8-21-12-15/h3-6,8,11-14H,7,9-10H2,1-2H3/t13-,14-/m1/s1. The number of nitrogens with zero attached hydrogens (tertiary/aromatic N) is 2. The number of hydrogen-bond acceptors (Lipinski definition) is 2. The van der Waals surface area contributed by atoms with Crippen LogP contribution in [0.3, 0.4) is 0 Å². The van der Waals surface area contributed by atoms with Gasteiger partial charge in [0.2, 0.25) is 0 Å². The lowest BCUT2D eigenvalue weighted by Crippen LogP contribution is -2.28. The van der Waals surface area contributed by atoms with Crippen molar-refractivity contribution in [3.05, 3.63) is 64.4 Å². The van der Waals surface area contributed by atoms with Crippen molar-refractivity contribution in [3.8, 4) is 0 Å². The van der Waals surface area contributed by atoms with Crippen molar-refractivity contribution in [2.75, 3.05) is 13.6 Å². The summed E-state index contributed by atoms with van der Waals surface area (Å²) in [5, 5.41) is 0.794. The molecule has 0 saturated heterocycles. The first kappa shape index (κ1) is 16.0. The molecule has 1 heterocycles. The highest BCUT2D eigenvalue weighted by atomic mass is 35.5. The summed E-state index contributed by atoms with van der Waals surface area (Å²) < 4.78 is 0. The van der Waals surface area contributed by atoms with Crippen LogP contribution in [0.2, 0.25) is 5.02 Å². The van der Waals surface area contributed by atoms with E-state index in [4.69, 9.17) is 11.6 Å². The van der Waals surface area contributed by atoms with Gasteiger partial charge in [0.05, 0.1) is 5.56 Å². The Morgan fingerprint density at radius 3 is 2.91 bits per heavy atom.